The highest BCUT2D eigenvalue weighted by atomic mass is 16.5. The largest absolute Gasteiger partial charge is 0.379 e. The van der Waals surface area contributed by atoms with Crippen LogP contribution in [-0.2, 0) is 14.2 Å². The van der Waals surface area contributed by atoms with E-state index in [-0.39, 0.29) is 23.8 Å². The van der Waals surface area contributed by atoms with Gasteiger partial charge in [-0.3, -0.25) is 0 Å². The summed E-state index contributed by atoms with van der Waals surface area (Å²) >= 11 is 0. The quantitative estimate of drug-likeness (QED) is 0.759. The van der Waals surface area contributed by atoms with Crippen molar-refractivity contribution in [2.45, 2.75) is 57.8 Å². The van der Waals surface area contributed by atoms with E-state index in [0.29, 0.717) is 32.8 Å². The highest BCUT2D eigenvalue weighted by Crippen LogP contribution is 2.20. The molecule has 2 unspecified atom stereocenters. The van der Waals surface area contributed by atoms with E-state index in [0.717, 1.165) is 25.9 Å². The Morgan fingerprint density at radius 2 is 2.27 bits per heavy atom. The molecule has 2 aliphatic heterocycles. The second kappa shape index (κ2) is 8.13. The van der Waals surface area contributed by atoms with Crippen LogP contribution in [0.3, 0.4) is 0 Å². The first-order valence-corrected chi connectivity index (χ1v) is 8.36. The maximum absolute atomic E-state index is 12.2. The Hall–Kier alpha value is -0.850. The fourth-order valence-electron chi connectivity index (χ4n) is 3.08. The molecule has 0 saturated carbocycles. The van der Waals surface area contributed by atoms with Crippen LogP contribution in [0.1, 0.15) is 40.0 Å². The monoisotopic (exact) mass is 314 g/mol. The lowest BCUT2D eigenvalue weighted by Crippen LogP contribution is -2.56. The maximum atomic E-state index is 12.2. The van der Waals surface area contributed by atoms with Crippen LogP contribution < -0.4 is 5.32 Å². The average Bonchev–Trinajstić information content (AvgIpc) is 2.93. The molecule has 0 aromatic carbocycles. The SMILES string of the molecule is CC1CN(C(=O)NCCCOCC2CCCO2)CC(C)(C)O1. The lowest BCUT2D eigenvalue weighted by atomic mass is 10.1. The Morgan fingerprint density at radius 1 is 1.45 bits per heavy atom. The number of nitrogens with zero attached hydrogens (tertiary/aromatic N) is 1. The smallest absolute Gasteiger partial charge is 0.317 e. The number of nitrogens with one attached hydrogen (secondary N) is 1. The number of amides is 2. The zero-order valence-electron chi connectivity index (χ0n) is 14.1. The molecule has 2 saturated heterocycles. The summed E-state index contributed by atoms with van der Waals surface area (Å²) in [5.74, 6) is 0. The standard InChI is InChI=1S/C16H30N2O4/c1-13-10-18(12-16(2,3)22-13)15(19)17-7-5-8-20-11-14-6-4-9-21-14/h13-14H,4-12H2,1-3H3,(H,17,19). The summed E-state index contributed by atoms with van der Waals surface area (Å²) < 4.78 is 16.9. The Bertz CT molecular complexity index is 356. The van der Waals surface area contributed by atoms with Gasteiger partial charge in [0.15, 0.2) is 0 Å². The molecule has 0 radical (unpaired) electrons. The van der Waals surface area contributed by atoms with Crippen molar-refractivity contribution in [2.75, 3.05) is 39.5 Å². The van der Waals surface area contributed by atoms with Crippen LogP contribution in [0.4, 0.5) is 4.79 Å². The second-order valence-corrected chi connectivity index (χ2v) is 6.86. The summed E-state index contributed by atoms with van der Waals surface area (Å²) in [5, 5.41) is 2.96. The first kappa shape index (κ1) is 17.5. The van der Waals surface area contributed by atoms with Gasteiger partial charge in [-0.1, -0.05) is 0 Å². The fraction of sp³-hybridized carbons (Fsp3) is 0.938. The Kier molecular flexibility index (Phi) is 6.47. The fourth-order valence-corrected chi connectivity index (χ4v) is 3.08. The summed E-state index contributed by atoms with van der Waals surface area (Å²) in [5.41, 5.74) is -0.278. The van der Waals surface area contributed by atoms with E-state index < -0.39 is 0 Å². The number of hydrogen-bond donors (Lipinski definition) is 1. The van der Waals surface area contributed by atoms with Crippen LogP contribution in [0.5, 0.6) is 0 Å². The van der Waals surface area contributed by atoms with Crippen LogP contribution in [0.25, 0.3) is 0 Å². The van der Waals surface area contributed by atoms with Gasteiger partial charge in [0.05, 0.1) is 31.0 Å². The molecule has 2 fully saturated rings. The number of morpholine rings is 1. The van der Waals surface area contributed by atoms with E-state index >= 15 is 0 Å². The maximum Gasteiger partial charge on any atom is 0.317 e. The summed E-state index contributed by atoms with van der Waals surface area (Å²) in [6, 6.07) is -0.0117. The van der Waals surface area contributed by atoms with E-state index in [1.807, 2.05) is 25.7 Å². The first-order chi connectivity index (χ1) is 10.5. The van der Waals surface area contributed by atoms with Crippen molar-refractivity contribution in [3.05, 3.63) is 0 Å². The van der Waals surface area contributed by atoms with Crippen LogP contribution in [0.15, 0.2) is 0 Å². The lowest BCUT2D eigenvalue weighted by molar-refractivity contribution is -0.117. The van der Waals surface area contributed by atoms with Crippen LogP contribution in [0, 0.1) is 0 Å². The number of carbonyl (C=O) groups is 1. The molecule has 0 bridgehead atoms. The molecule has 6 nitrogen and oxygen atoms in total. The van der Waals surface area contributed by atoms with Crippen LogP contribution in [0.2, 0.25) is 0 Å². The summed E-state index contributed by atoms with van der Waals surface area (Å²) in [6.07, 6.45) is 3.40. The van der Waals surface area contributed by atoms with E-state index in [9.17, 15) is 4.79 Å². The van der Waals surface area contributed by atoms with Gasteiger partial charge >= 0.3 is 6.03 Å². The molecule has 2 aliphatic rings. The average molecular weight is 314 g/mol. The minimum Gasteiger partial charge on any atom is -0.379 e. The van der Waals surface area contributed by atoms with Crippen molar-refractivity contribution in [2.24, 2.45) is 0 Å². The zero-order valence-corrected chi connectivity index (χ0v) is 14.1. The van der Waals surface area contributed by atoms with Gasteiger partial charge in [0.2, 0.25) is 0 Å². The highest BCUT2D eigenvalue weighted by Gasteiger charge is 2.33. The Balaban J connectivity index is 1.55. The van der Waals surface area contributed by atoms with Crippen molar-refractivity contribution in [3.8, 4) is 0 Å². The van der Waals surface area contributed by atoms with E-state index in [1.165, 1.54) is 0 Å². The molecule has 0 aromatic rings. The van der Waals surface area contributed by atoms with Crippen LogP contribution in [-0.4, -0.2) is 68.2 Å². The molecule has 128 valence electrons. The van der Waals surface area contributed by atoms with Gasteiger partial charge in [-0.05, 0) is 40.0 Å². The van der Waals surface area contributed by atoms with Crippen molar-refractivity contribution < 1.29 is 19.0 Å². The minimum absolute atomic E-state index is 0.0117. The molecule has 0 aromatic heterocycles. The molecule has 0 spiro atoms. The highest BCUT2D eigenvalue weighted by molar-refractivity contribution is 5.74. The number of rotatable bonds is 6. The minimum atomic E-state index is -0.278. The van der Waals surface area contributed by atoms with Gasteiger partial charge in [0, 0.05) is 26.3 Å². The van der Waals surface area contributed by atoms with Gasteiger partial charge in [-0.2, -0.15) is 0 Å². The Labute approximate surface area is 133 Å². The predicted molar refractivity (Wildman–Crippen MR) is 84.0 cm³/mol. The predicted octanol–water partition coefficient (Wildman–Crippen LogP) is 1.78. The number of carbonyl (C=O) groups excluding carboxylic acids is 1. The molecule has 2 heterocycles. The third-order valence-electron chi connectivity index (χ3n) is 3.93. The lowest BCUT2D eigenvalue weighted by Gasteiger charge is -2.41. The molecule has 2 atom stereocenters. The second-order valence-electron chi connectivity index (χ2n) is 6.86. The third-order valence-corrected chi connectivity index (χ3v) is 3.93. The van der Waals surface area contributed by atoms with Crippen molar-refractivity contribution in [1.82, 2.24) is 10.2 Å². The van der Waals surface area contributed by atoms with E-state index in [4.69, 9.17) is 14.2 Å². The molecule has 2 rings (SSSR count). The Morgan fingerprint density at radius 3 is 2.95 bits per heavy atom. The van der Waals surface area contributed by atoms with E-state index in [1.54, 1.807) is 0 Å². The molecule has 6 heteroatoms. The number of hydrogen-bond acceptors (Lipinski definition) is 4. The van der Waals surface area contributed by atoms with Gasteiger partial charge in [-0.15, -0.1) is 0 Å². The van der Waals surface area contributed by atoms with Gasteiger partial charge < -0.3 is 24.4 Å². The summed E-state index contributed by atoms with van der Waals surface area (Å²) in [7, 11) is 0. The summed E-state index contributed by atoms with van der Waals surface area (Å²) in [4.78, 5) is 14.0. The van der Waals surface area contributed by atoms with Crippen molar-refractivity contribution in [1.29, 1.82) is 0 Å². The number of ether oxygens (including phenoxy) is 3. The summed E-state index contributed by atoms with van der Waals surface area (Å²) in [6.45, 7) is 10.1. The van der Waals surface area contributed by atoms with Crippen molar-refractivity contribution >= 4 is 6.03 Å². The molecular formula is C16H30N2O4. The van der Waals surface area contributed by atoms with Crippen LogP contribution >= 0.6 is 0 Å². The van der Waals surface area contributed by atoms with Gasteiger partial charge in [0.1, 0.15) is 0 Å². The number of urea groups is 1. The van der Waals surface area contributed by atoms with Crippen molar-refractivity contribution in [3.63, 3.8) is 0 Å². The molecule has 0 aliphatic carbocycles. The molecular weight excluding hydrogens is 284 g/mol. The molecule has 2 amide bonds. The normalized spacial score (nSPS) is 27.9. The molecule has 1 N–H and O–H groups in total. The topological polar surface area (TPSA) is 60.0 Å². The molecule has 22 heavy (non-hydrogen) atoms. The first-order valence-electron chi connectivity index (χ1n) is 8.36. The van der Waals surface area contributed by atoms with Gasteiger partial charge in [-0.25, -0.2) is 4.79 Å². The van der Waals surface area contributed by atoms with Gasteiger partial charge in [0.25, 0.3) is 0 Å². The third kappa shape index (κ3) is 5.74. The van der Waals surface area contributed by atoms with E-state index in [2.05, 4.69) is 5.32 Å². The zero-order chi connectivity index (χ0) is 16.0.